The van der Waals surface area contributed by atoms with Crippen LogP contribution in [0.3, 0.4) is 0 Å². The molecule has 0 aliphatic carbocycles. The number of rotatable bonds is 3. The van der Waals surface area contributed by atoms with Crippen molar-refractivity contribution < 1.29 is 4.79 Å². The second-order valence-corrected chi connectivity index (χ2v) is 2.02. The van der Waals surface area contributed by atoms with Crippen molar-refractivity contribution in [2.75, 3.05) is 0 Å². The first-order chi connectivity index (χ1) is 5.22. The van der Waals surface area contributed by atoms with E-state index < -0.39 is 0 Å². The van der Waals surface area contributed by atoms with Gasteiger partial charge in [0.15, 0.2) is 5.78 Å². The highest BCUT2D eigenvalue weighted by Gasteiger charge is 1.94. The van der Waals surface area contributed by atoms with Crippen LogP contribution in [0.25, 0.3) is 0 Å². The van der Waals surface area contributed by atoms with Gasteiger partial charge in [-0.2, -0.15) is 0 Å². The van der Waals surface area contributed by atoms with E-state index >= 15 is 0 Å². The molecular formula is C9H13NO. The molecule has 0 atom stereocenters. The number of aliphatic imine (C=N–C) groups is 1. The van der Waals surface area contributed by atoms with Crippen LogP contribution in [0, 0.1) is 0 Å². The number of allylic oxidation sites excluding steroid dienone is 3. The Morgan fingerprint density at radius 2 is 2.00 bits per heavy atom. The molecule has 11 heavy (non-hydrogen) atoms. The topological polar surface area (TPSA) is 29.4 Å². The number of nitrogens with zero attached hydrogens (tertiary/aromatic N) is 1. The zero-order valence-corrected chi connectivity index (χ0v) is 7.16. The average molecular weight is 151 g/mol. The van der Waals surface area contributed by atoms with Crippen LogP contribution in [0.4, 0.5) is 0 Å². The number of ketones is 1. The van der Waals surface area contributed by atoms with Crippen LogP contribution in [0.2, 0.25) is 0 Å². The van der Waals surface area contributed by atoms with Gasteiger partial charge in [-0.1, -0.05) is 6.08 Å². The van der Waals surface area contributed by atoms with E-state index in [-0.39, 0.29) is 5.78 Å². The lowest BCUT2D eigenvalue weighted by atomic mass is 10.2. The van der Waals surface area contributed by atoms with Gasteiger partial charge in [0, 0.05) is 18.0 Å². The van der Waals surface area contributed by atoms with Gasteiger partial charge < -0.3 is 0 Å². The lowest BCUT2D eigenvalue weighted by Gasteiger charge is -1.90. The summed E-state index contributed by atoms with van der Waals surface area (Å²) < 4.78 is 0. The fourth-order valence-corrected chi connectivity index (χ4v) is 0.626. The smallest absolute Gasteiger partial charge is 0.159 e. The number of carbonyl (C=O) groups excluding carboxylic acids is 1. The van der Waals surface area contributed by atoms with Crippen molar-refractivity contribution in [1.29, 1.82) is 0 Å². The molecule has 0 radical (unpaired) electrons. The molecule has 0 fully saturated rings. The minimum absolute atomic E-state index is 0.0649. The van der Waals surface area contributed by atoms with Crippen LogP contribution >= 0.6 is 0 Å². The molecule has 2 nitrogen and oxygen atoms in total. The quantitative estimate of drug-likeness (QED) is 0.345. The monoisotopic (exact) mass is 151 g/mol. The lowest BCUT2D eigenvalue weighted by molar-refractivity contribution is -0.113. The molecule has 0 aliphatic rings. The first-order valence-corrected chi connectivity index (χ1v) is 3.54. The van der Waals surface area contributed by atoms with Crippen LogP contribution in [0.15, 0.2) is 28.9 Å². The Labute approximate surface area is 67.3 Å². The zero-order valence-electron chi connectivity index (χ0n) is 7.16. The lowest BCUT2D eigenvalue weighted by Crippen LogP contribution is -1.91. The van der Waals surface area contributed by atoms with E-state index in [1.54, 1.807) is 24.6 Å². The summed E-state index contributed by atoms with van der Waals surface area (Å²) in [4.78, 5) is 14.6. The maximum absolute atomic E-state index is 10.8. The van der Waals surface area contributed by atoms with Crippen molar-refractivity contribution >= 4 is 12.0 Å². The van der Waals surface area contributed by atoms with Crippen molar-refractivity contribution in [2.24, 2.45) is 4.99 Å². The van der Waals surface area contributed by atoms with E-state index in [4.69, 9.17) is 0 Å². The molecule has 0 heterocycles. The summed E-state index contributed by atoms with van der Waals surface area (Å²) in [5.74, 6) is 0.0649. The fourth-order valence-electron chi connectivity index (χ4n) is 0.626. The van der Waals surface area contributed by atoms with Crippen LogP contribution in [0.1, 0.15) is 20.8 Å². The Morgan fingerprint density at radius 1 is 1.36 bits per heavy atom. The SMILES string of the molecule is CC=N/C=C\C(=C\C)C(C)=O. The van der Waals surface area contributed by atoms with E-state index in [1.165, 1.54) is 6.92 Å². The summed E-state index contributed by atoms with van der Waals surface area (Å²) in [5, 5.41) is 0. The molecule has 0 saturated heterocycles. The fraction of sp³-hybridized carbons (Fsp3) is 0.333. The number of hydrogen-bond donors (Lipinski definition) is 0. The van der Waals surface area contributed by atoms with Gasteiger partial charge in [-0.3, -0.25) is 9.79 Å². The highest BCUT2D eigenvalue weighted by atomic mass is 16.1. The molecule has 0 saturated carbocycles. The molecule has 0 bridgehead atoms. The molecule has 0 unspecified atom stereocenters. The van der Waals surface area contributed by atoms with Crippen molar-refractivity contribution in [3.8, 4) is 0 Å². The maximum atomic E-state index is 10.8. The Hall–Kier alpha value is -1.18. The van der Waals surface area contributed by atoms with Crippen LogP contribution in [-0.2, 0) is 4.79 Å². The summed E-state index contributed by atoms with van der Waals surface area (Å²) in [6.07, 6.45) is 6.74. The van der Waals surface area contributed by atoms with Crippen molar-refractivity contribution in [1.82, 2.24) is 0 Å². The van der Waals surface area contributed by atoms with Gasteiger partial charge >= 0.3 is 0 Å². The Bertz CT molecular complexity index is 212. The van der Waals surface area contributed by atoms with Crippen molar-refractivity contribution in [2.45, 2.75) is 20.8 Å². The Kier molecular flexibility index (Phi) is 4.99. The number of hydrogen-bond acceptors (Lipinski definition) is 2. The van der Waals surface area contributed by atoms with Crippen LogP contribution in [-0.4, -0.2) is 12.0 Å². The molecule has 0 aromatic carbocycles. The summed E-state index contributed by atoms with van der Waals surface area (Å²) in [6, 6.07) is 0. The Morgan fingerprint density at radius 3 is 2.36 bits per heavy atom. The van der Waals surface area contributed by atoms with Gasteiger partial charge in [0.25, 0.3) is 0 Å². The second kappa shape index (κ2) is 5.59. The third-order valence-corrected chi connectivity index (χ3v) is 1.21. The summed E-state index contributed by atoms with van der Waals surface area (Å²) in [5.41, 5.74) is 0.690. The number of carbonyl (C=O) groups is 1. The molecule has 0 aromatic heterocycles. The van der Waals surface area contributed by atoms with Gasteiger partial charge in [-0.25, -0.2) is 0 Å². The molecule has 0 N–H and O–H groups in total. The summed E-state index contributed by atoms with van der Waals surface area (Å²) in [7, 11) is 0. The molecule has 0 amide bonds. The first kappa shape index (κ1) is 9.82. The van der Waals surface area contributed by atoms with Gasteiger partial charge in [0.05, 0.1) is 0 Å². The van der Waals surface area contributed by atoms with Crippen LogP contribution < -0.4 is 0 Å². The molecule has 60 valence electrons. The van der Waals surface area contributed by atoms with E-state index in [0.29, 0.717) is 5.57 Å². The molecule has 2 heteroatoms. The van der Waals surface area contributed by atoms with Crippen molar-refractivity contribution in [3.63, 3.8) is 0 Å². The van der Waals surface area contributed by atoms with Gasteiger partial charge in [-0.15, -0.1) is 0 Å². The molecule has 0 spiro atoms. The predicted molar refractivity (Wildman–Crippen MR) is 47.7 cm³/mol. The molecule has 0 rings (SSSR count). The molecule has 0 aliphatic heterocycles. The maximum Gasteiger partial charge on any atom is 0.159 e. The van der Waals surface area contributed by atoms with E-state index in [1.807, 2.05) is 13.8 Å². The van der Waals surface area contributed by atoms with E-state index in [2.05, 4.69) is 4.99 Å². The van der Waals surface area contributed by atoms with E-state index in [9.17, 15) is 4.79 Å². The van der Waals surface area contributed by atoms with E-state index in [0.717, 1.165) is 0 Å². The number of Topliss-reactive ketones (excluding diaryl/α,β-unsaturated/α-hetero) is 1. The Balaban J connectivity index is 4.22. The minimum Gasteiger partial charge on any atom is -0.295 e. The largest absolute Gasteiger partial charge is 0.295 e. The normalized spacial score (nSPS) is 13.2. The highest BCUT2D eigenvalue weighted by molar-refractivity contribution is 5.95. The van der Waals surface area contributed by atoms with Gasteiger partial charge in [-0.05, 0) is 26.8 Å². The zero-order chi connectivity index (χ0) is 8.69. The highest BCUT2D eigenvalue weighted by Crippen LogP contribution is 1.97. The van der Waals surface area contributed by atoms with Gasteiger partial charge in [0.2, 0.25) is 0 Å². The van der Waals surface area contributed by atoms with Crippen molar-refractivity contribution in [3.05, 3.63) is 23.9 Å². The van der Waals surface area contributed by atoms with Crippen LogP contribution in [0.5, 0.6) is 0 Å². The third-order valence-electron chi connectivity index (χ3n) is 1.21. The average Bonchev–Trinajstić information content (AvgIpc) is 1.97. The molecular weight excluding hydrogens is 138 g/mol. The minimum atomic E-state index is 0.0649. The van der Waals surface area contributed by atoms with Gasteiger partial charge in [0.1, 0.15) is 0 Å². The molecule has 0 aromatic rings. The standard InChI is InChI=1S/C9H13NO/c1-4-9(8(3)11)6-7-10-5-2/h4-7H,1-3H3/b7-6-,9-4-,10-5?. The second-order valence-electron chi connectivity index (χ2n) is 2.02. The summed E-state index contributed by atoms with van der Waals surface area (Å²) >= 11 is 0. The summed E-state index contributed by atoms with van der Waals surface area (Å²) in [6.45, 7) is 5.19. The predicted octanol–water partition coefficient (Wildman–Crippen LogP) is 2.13. The first-order valence-electron chi connectivity index (χ1n) is 3.54. The third kappa shape index (κ3) is 4.25.